The van der Waals surface area contributed by atoms with E-state index in [-0.39, 0.29) is 47.2 Å². The standard InChI is InChI=1S/C26H46O2.C25H40O4/c1-6-18-22-15-16(2)9-12-26(22,5)21-10-13-25(4)19(17(3)11-14-27)7-8-20(25)23(21)24(18)28;1-5-16-20-13-15(26)8-10-25(20,4)19-9-11-24(3)17(14(2)12-21(27)28)6-7-18(24)22(19)23(16)29/h16-24,27-28H,6-15H2,1-5H3;14-20,22,26H,5-13H2,1-4H3,(H,27,28)/t16-,17-,18-,19-,20?,21?,22+,23+,24-,25-,26-;14-,15-,16-,17-,18?,19?,20+,22+,24-,25-/m11/s1. The molecule has 8 aliphatic rings. The molecule has 326 valence electrons. The van der Waals surface area contributed by atoms with E-state index in [1.807, 2.05) is 0 Å². The van der Waals surface area contributed by atoms with Gasteiger partial charge in [-0.05, 0) is 195 Å². The Morgan fingerprint density at radius 3 is 1.86 bits per heavy atom. The van der Waals surface area contributed by atoms with Gasteiger partial charge in [-0.3, -0.25) is 9.59 Å². The van der Waals surface area contributed by atoms with Gasteiger partial charge in [0.1, 0.15) is 5.78 Å². The van der Waals surface area contributed by atoms with E-state index in [2.05, 4.69) is 62.3 Å². The first kappa shape index (κ1) is 44.1. The van der Waals surface area contributed by atoms with Gasteiger partial charge < -0.3 is 20.4 Å². The molecule has 21 atom stereocenters. The lowest BCUT2D eigenvalue weighted by Gasteiger charge is -2.65. The summed E-state index contributed by atoms with van der Waals surface area (Å²) < 4.78 is 0. The molecule has 0 aliphatic heterocycles. The fraction of sp³-hybridized carbons (Fsp3) is 0.961. The topological polar surface area (TPSA) is 115 Å². The Bertz CT molecular complexity index is 1450. The summed E-state index contributed by atoms with van der Waals surface area (Å²) in [4.78, 5) is 25.2. The molecule has 0 saturated heterocycles. The minimum atomic E-state index is -0.700. The highest BCUT2D eigenvalue weighted by Crippen LogP contribution is 2.71. The molecule has 0 radical (unpaired) electrons. The highest BCUT2D eigenvalue weighted by molar-refractivity contribution is 5.86. The number of carboxylic acid groups (broad SMARTS) is 1. The molecular formula is C51H86O6. The summed E-state index contributed by atoms with van der Waals surface area (Å²) >= 11 is 0. The Balaban J connectivity index is 0.000000174. The maximum atomic E-state index is 13.9. The molecule has 8 aliphatic carbocycles. The van der Waals surface area contributed by atoms with Crippen LogP contribution in [0.3, 0.4) is 0 Å². The van der Waals surface area contributed by atoms with Crippen LogP contribution in [-0.4, -0.2) is 51.0 Å². The smallest absolute Gasteiger partial charge is 0.303 e. The van der Waals surface area contributed by atoms with Crippen LogP contribution in [0.4, 0.5) is 0 Å². The van der Waals surface area contributed by atoms with Crippen molar-refractivity contribution in [3.63, 3.8) is 0 Å². The first-order valence-electron chi connectivity index (χ1n) is 24.6. The summed E-state index contributed by atoms with van der Waals surface area (Å²) in [5.41, 5.74) is 1.10. The third-order valence-electron chi connectivity index (χ3n) is 21.4. The maximum Gasteiger partial charge on any atom is 0.303 e. The molecule has 4 unspecified atom stereocenters. The highest BCUT2D eigenvalue weighted by Gasteiger charge is 2.66. The number of carboxylic acids is 1. The van der Waals surface area contributed by atoms with Gasteiger partial charge in [0, 0.05) is 24.9 Å². The second kappa shape index (κ2) is 16.4. The van der Waals surface area contributed by atoms with E-state index in [4.69, 9.17) is 0 Å². The van der Waals surface area contributed by atoms with Gasteiger partial charge in [0.05, 0.1) is 12.2 Å². The molecule has 8 rings (SSSR count). The van der Waals surface area contributed by atoms with Crippen molar-refractivity contribution in [3.8, 4) is 0 Å². The average molecular weight is 795 g/mol. The molecule has 0 aromatic heterocycles. The maximum absolute atomic E-state index is 13.9. The van der Waals surface area contributed by atoms with Crippen LogP contribution >= 0.6 is 0 Å². The number of ketones is 1. The Hall–Kier alpha value is -0.980. The lowest BCUT2D eigenvalue weighted by Crippen LogP contribution is -2.61. The van der Waals surface area contributed by atoms with Crippen molar-refractivity contribution < 1.29 is 30.0 Å². The number of rotatable bonds is 8. The SMILES string of the molecule is CC[C@H]1C(=O)[C@H]2C3CC[C@H]([C@H](C)CC(=O)O)[C@@]3(C)CCC2[C@@]2(C)CC[C@@H](O)C[C@@H]12.CC[C@H]1[C@@H](O)[C@H]2C3CC[C@H]([C@H](C)CCO)[C@@]3(C)CCC2[C@@]2(C)CC[C@@H](C)C[C@@H]12. The third-order valence-corrected chi connectivity index (χ3v) is 21.4. The van der Waals surface area contributed by atoms with E-state index in [1.165, 1.54) is 44.9 Å². The van der Waals surface area contributed by atoms with Crippen LogP contribution in [0.5, 0.6) is 0 Å². The number of carbonyl (C=O) groups is 2. The number of aliphatic carboxylic acids is 1. The van der Waals surface area contributed by atoms with Crippen molar-refractivity contribution >= 4 is 11.8 Å². The van der Waals surface area contributed by atoms with Crippen LogP contribution in [0.1, 0.15) is 178 Å². The van der Waals surface area contributed by atoms with Gasteiger partial charge in [-0.25, -0.2) is 0 Å². The van der Waals surface area contributed by atoms with Crippen molar-refractivity contribution in [1.82, 2.24) is 0 Å². The molecule has 0 heterocycles. The number of hydrogen-bond donors (Lipinski definition) is 4. The number of fused-ring (bicyclic) bond motifs is 10. The van der Waals surface area contributed by atoms with Gasteiger partial charge in [0.2, 0.25) is 0 Å². The van der Waals surface area contributed by atoms with Crippen molar-refractivity contribution in [2.75, 3.05) is 6.61 Å². The molecule has 8 fully saturated rings. The number of Topliss-reactive ketones (excluding diaryl/α,β-unsaturated/α-hetero) is 1. The number of aliphatic hydroxyl groups excluding tert-OH is 3. The van der Waals surface area contributed by atoms with Crippen molar-refractivity contribution in [2.24, 2.45) is 110 Å². The van der Waals surface area contributed by atoms with Gasteiger partial charge in [0.15, 0.2) is 0 Å². The second-order valence-corrected chi connectivity index (χ2v) is 23.6. The Kier molecular flexibility index (Phi) is 12.7. The minimum absolute atomic E-state index is 0.0881. The van der Waals surface area contributed by atoms with Crippen LogP contribution in [0, 0.1) is 110 Å². The minimum Gasteiger partial charge on any atom is -0.481 e. The predicted octanol–water partition coefficient (Wildman–Crippen LogP) is 10.8. The fourth-order valence-electron chi connectivity index (χ4n) is 18.6. The summed E-state index contributed by atoms with van der Waals surface area (Å²) in [6.07, 6.45) is 19.4. The molecule has 0 bridgehead atoms. The van der Waals surface area contributed by atoms with Crippen LogP contribution < -0.4 is 0 Å². The quantitative estimate of drug-likeness (QED) is 0.195. The van der Waals surface area contributed by atoms with Gasteiger partial charge in [0.25, 0.3) is 0 Å². The van der Waals surface area contributed by atoms with Crippen LogP contribution in [-0.2, 0) is 9.59 Å². The molecule has 0 aromatic carbocycles. The second-order valence-electron chi connectivity index (χ2n) is 23.6. The van der Waals surface area contributed by atoms with Gasteiger partial charge >= 0.3 is 5.97 Å². The van der Waals surface area contributed by atoms with Gasteiger partial charge in [-0.1, -0.05) is 75.2 Å². The van der Waals surface area contributed by atoms with E-state index in [0.29, 0.717) is 70.6 Å². The molecule has 0 amide bonds. The number of hydrogen-bond acceptors (Lipinski definition) is 5. The zero-order valence-electron chi connectivity index (χ0n) is 37.9. The lowest BCUT2D eigenvalue weighted by molar-refractivity contribution is -0.198. The zero-order valence-corrected chi connectivity index (χ0v) is 37.9. The monoisotopic (exact) mass is 795 g/mol. The predicted molar refractivity (Wildman–Crippen MR) is 228 cm³/mol. The largest absolute Gasteiger partial charge is 0.481 e. The summed E-state index contributed by atoms with van der Waals surface area (Å²) in [5.74, 6) is 7.15. The Morgan fingerprint density at radius 1 is 0.684 bits per heavy atom. The average Bonchev–Trinajstić information content (AvgIpc) is 3.70. The van der Waals surface area contributed by atoms with E-state index in [9.17, 15) is 30.0 Å². The first-order chi connectivity index (χ1) is 26.9. The van der Waals surface area contributed by atoms with Gasteiger partial charge in [-0.15, -0.1) is 0 Å². The molecule has 4 N–H and O–H groups in total. The fourth-order valence-corrected chi connectivity index (χ4v) is 18.6. The van der Waals surface area contributed by atoms with E-state index >= 15 is 0 Å². The lowest BCUT2D eigenvalue weighted by atomic mass is 9.41. The number of aliphatic hydroxyl groups is 3. The first-order valence-corrected chi connectivity index (χ1v) is 24.6. The third kappa shape index (κ3) is 7.06. The van der Waals surface area contributed by atoms with E-state index in [1.54, 1.807) is 0 Å². The number of carbonyl (C=O) groups excluding carboxylic acids is 1. The van der Waals surface area contributed by atoms with Crippen molar-refractivity contribution in [2.45, 2.75) is 190 Å². The van der Waals surface area contributed by atoms with Crippen molar-refractivity contribution in [3.05, 3.63) is 0 Å². The Morgan fingerprint density at radius 2 is 1.23 bits per heavy atom. The van der Waals surface area contributed by atoms with Crippen LogP contribution in [0.2, 0.25) is 0 Å². The highest BCUT2D eigenvalue weighted by atomic mass is 16.4. The molecule has 0 spiro atoms. The summed E-state index contributed by atoms with van der Waals surface area (Å²) in [6.45, 7) is 21.7. The molecule has 6 nitrogen and oxygen atoms in total. The van der Waals surface area contributed by atoms with E-state index in [0.717, 1.165) is 87.9 Å². The summed E-state index contributed by atoms with van der Waals surface area (Å²) in [5, 5.41) is 41.0. The van der Waals surface area contributed by atoms with Crippen LogP contribution in [0.15, 0.2) is 0 Å². The molecule has 8 saturated carbocycles. The summed E-state index contributed by atoms with van der Waals surface area (Å²) in [7, 11) is 0. The molecule has 57 heavy (non-hydrogen) atoms. The van der Waals surface area contributed by atoms with Gasteiger partial charge in [-0.2, -0.15) is 0 Å². The van der Waals surface area contributed by atoms with Crippen LogP contribution in [0.25, 0.3) is 0 Å². The van der Waals surface area contributed by atoms with Crippen molar-refractivity contribution in [1.29, 1.82) is 0 Å². The Labute approximate surface area is 347 Å². The zero-order chi connectivity index (χ0) is 41.4. The molecule has 6 heteroatoms. The summed E-state index contributed by atoms with van der Waals surface area (Å²) in [6, 6.07) is 0. The normalized spacial score (nSPS) is 52.4. The molecule has 0 aromatic rings. The van der Waals surface area contributed by atoms with E-state index < -0.39 is 5.97 Å². The molecular weight excluding hydrogens is 709 g/mol.